The van der Waals surface area contributed by atoms with Gasteiger partial charge in [0.05, 0.1) is 0 Å². The zero-order valence-electron chi connectivity index (χ0n) is 9.27. The van der Waals surface area contributed by atoms with Crippen LogP contribution in [0.1, 0.15) is 52.9 Å². The molecule has 3 atom stereocenters. The Kier molecular flexibility index (Phi) is 2.25. The number of hydrogen-bond donors (Lipinski definition) is 0. The highest BCUT2D eigenvalue weighted by atomic mass is 14.5. The van der Waals surface area contributed by atoms with E-state index in [1.807, 2.05) is 0 Å². The zero-order chi connectivity index (χ0) is 9.47. The second kappa shape index (κ2) is 3.15. The first-order chi connectivity index (χ1) is 6.14. The number of fused-ring (bicyclic) bond motifs is 1. The highest BCUT2D eigenvalue weighted by Gasteiger charge is 2.40. The molecule has 0 N–H and O–H groups in total. The summed E-state index contributed by atoms with van der Waals surface area (Å²) in [5.41, 5.74) is 2.35. The molecule has 2 aliphatic rings. The number of rotatable bonds is 0. The molecule has 0 aliphatic heterocycles. The van der Waals surface area contributed by atoms with Crippen molar-refractivity contribution in [2.45, 2.75) is 52.9 Å². The van der Waals surface area contributed by atoms with Crippen molar-refractivity contribution in [3.63, 3.8) is 0 Å². The van der Waals surface area contributed by atoms with Crippen LogP contribution in [0.2, 0.25) is 0 Å². The molecule has 0 amide bonds. The van der Waals surface area contributed by atoms with E-state index in [-0.39, 0.29) is 0 Å². The molecule has 0 aromatic carbocycles. The largest absolute Gasteiger partial charge is 0.0845 e. The van der Waals surface area contributed by atoms with Crippen molar-refractivity contribution in [3.8, 4) is 0 Å². The minimum atomic E-state index is 0.565. The van der Waals surface area contributed by atoms with Crippen LogP contribution in [0.25, 0.3) is 0 Å². The van der Waals surface area contributed by atoms with Gasteiger partial charge in [-0.1, -0.05) is 38.8 Å². The summed E-state index contributed by atoms with van der Waals surface area (Å²) in [4.78, 5) is 0. The molecule has 0 bridgehead atoms. The Bertz CT molecular complexity index is 226. The molecule has 0 saturated heterocycles. The van der Waals surface area contributed by atoms with Crippen LogP contribution in [0.5, 0.6) is 0 Å². The Morgan fingerprint density at radius 3 is 2.85 bits per heavy atom. The summed E-state index contributed by atoms with van der Waals surface area (Å²) in [7, 11) is 0. The van der Waals surface area contributed by atoms with Gasteiger partial charge in [0.15, 0.2) is 0 Å². The molecule has 0 aromatic heterocycles. The van der Waals surface area contributed by atoms with Crippen molar-refractivity contribution in [1.29, 1.82) is 0 Å². The third kappa shape index (κ3) is 1.35. The van der Waals surface area contributed by atoms with Crippen LogP contribution in [-0.2, 0) is 0 Å². The Hall–Kier alpha value is -0.260. The SMILES string of the molecule is C[C@@H]1[C@@H](C)CC=C2CCCC[C@]21C. The fraction of sp³-hybridized carbons (Fsp3) is 0.846. The van der Waals surface area contributed by atoms with Gasteiger partial charge in [0, 0.05) is 0 Å². The quantitative estimate of drug-likeness (QED) is 0.488. The van der Waals surface area contributed by atoms with Gasteiger partial charge in [-0.25, -0.2) is 0 Å². The summed E-state index contributed by atoms with van der Waals surface area (Å²) in [6.45, 7) is 7.37. The van der Waals surface area contributed by atoms with Gasteiger partial charge < -0.3 is 0 Å². The fourth-order valence-corrected chi connectivity index (χ4v) is 3.27. The monoisotopic (exact) mass is 178 g/mol. The molecule has 0 aromatic rings. The molecular weight excluding hydrogens is 156 g/mol. The maximum Gasteiger partial charge on any atom is -0.00881 e. The number of hydrogen-bond acceptors (Lipinski definition) is 0. The average molecular weight is 178 g/mol. The molecule has 0 heteroatoms. The summed E-state index contributed by atoms with van der Waals surface area (Å²) in [5, 5.41) is 0. The van der Waals surface area contributed by atoms with Crippen molar-refractivity contribution in [2.75, 3.05) is 0 Å². The maximum atomic E-state index is 2.55. The van der Waals surface area contributed by atoms with E-state index in [0.29, 0.717) is 5.41 Å². The smallest absolute Gasteiger partial charge is 0.00881 e. The molecule has 0 radical (unpaired) electrons. The van der Waals surface area contributed by atoms with Crippen LogP contribution in [0.3, 0.4) is 0 Å². The first kappa shape index (κ1) is 9.30. The van der Waals surface area contributed by atoms with Crippen LogP contribution in [-0.4, -0.2) is 0 Å². The zero-order valence-corrected chi connectivity index (χ0v) is 9.27. The van der Waals surface area contributed by atoms with Crippen LogP contribution < -0.4 is 0 Å². The molecule has 0 nitrogen and oxygen atoms in total. The topological polar surface area (TPSA) is 0 Å². The van der Waals surface area contributed by atoms with Crippen molar-refractivity contribution >= 4 is 0 Å². The van der Waals surface area contributed by atoms with Crippen molar-refractivity contribution in [3.05, 3.63) is 11.6 Å². The summed E-state index contributed by atoms with van der Waals surface area (Å²) < 4.78 is 0. The van der Waals surface area contributed by atoms with Gasteiger partial charge >= 0.3 is 0 Å². The first-order valence-corrected chi connectivity index (χ1v) is 5.84. The Morgan fingerprint density at radius 2 is 2.08 bits per heavy atom. The summed E-state index contributed by atoms with van der Waals surface area (Å²) in [6, 6.07) is 0. The van der Waals surface area contributed by atoms with E-state index in [1.165, 1.54) is 32.1 Å². The standard InChI is InChI=1S/C13H22/c1-10-7-8-12-6-4-5-9-13(12,3)11(10)2/h8,10-11H,4-7,9H2,1-3H3/t10-,11+,13-/m0/s1. The lowest BCUT2D eigenvalue weighted by molar-refractivity contribution is 0.133. The van der Waals surface area contributed by atoms with Gasteiger partial charge in [-0.15, -0.1) is 0 Å². The Balaban J connectivity index is 2.30. The molecule has 1 fully saturated rings. The predicted molar refractivity (Wildman–Crippen MR) is 57.6 cm³/mol. The third-order valence-electron chi connectivity index (χ3n) is 4.72. The van der Waals surface area contributed by atoms with E-state index < -0.39 is 0 Å². The third-order valence-corrected chi connectivity index (χ3v) is 4.72. The van der Waals surface area contributed by atoms with Crippen molar-refractivity contribution in [2.24, 2.45) is 17.3 Å². The van der Waals surface area contributed by atoms with Gasteiger partial charge in [0.2, 0.25) is 0 Å². The van der Waals surface area contributed by atoms with E-state index in [1.54, 1.807) is 5.57 Å². The molecule has 74 valence electrons. The van der Waals surface area contributed by atoms with Crippen molar-refractivity contribution in [1.82, 2.24) is 0 Å². The lowest BCUT2D eigenvalue weighted by atomic mass is 9.58. The Labute approximate surface area is 82.4 Å². The molecule has 1 saturated carbocycles. The van der Waals surface area contributed by atoms with E-state index in [9.17, 15) is 0 Å². The summed E-state index contributed by atoms with van der Waals surface area (Å²) in [5.74, 6) is 1.79. The summed E-state index contributed by atoms with van der Waals surface area (Å²) >= 11 is 0. The predicted octanol–water partition coefficient (Wildman–Crippen LogP) is 4.17. The van der Waals surface area contributed by atoms with Crippen LogP contribution in [0.4, 0.5) is 0 Å². The lowest BCUT2D eigenvalue weighted by Gasteiger charge is -2.47. The minimum absolute atomic E-state index is 0.565. The summed E-state index contributed by atoms with van der Waals surface area (Å²) in [6.07, 6.45) is 9.57. The number of allylic oxidation sites excluding steroid dienone is 2. The van der Waals surface area contributed by atoms with Crippen LogP contribution >= 0.6 is 0 Å². The van der Waals surface area contributed by atoms with Crippen molar-refractivity contribution < 1.29 is 0 Å². The maximum absolute atomic E-state index is 2.55. The lowest BCUT2D eigenvalue weighted by Crippen LogP contribution is -2.36. The highest BCUT2D eigenvalue weighted by Crippen LogP contribution is 2.51. The van der Waals surface area contributed by atoms with Crippen LogP contribution in [0, 0.1) is 17.3 Å². The van der Waals surface area contributed by atoms with E-state index in [0.717, 1.165) is 11.8 Å². The molecule has 0 unspecified atom stereocenters. The molecule has 0 heterocycles. The Morgan fingerprint density at radius 1 is 1.31 bits per heavy atom. The van der Waals surface area contributed by atoms with Gasteiger partial charge in [-0.2, -0.15) is 0 Å². The van der Waals surface area contributed by atoms with Gasteiger partial charge in [0.1, 0.15) is 0 Å². The van der Waals surface area contributed by atoms with E-state index in [2.05, 4.69) is 26.8 Å². The minimum Gasteiger partial charge on any atom is -0.0845 e. The second-order valence-corrected chi connectivity index (χ2v) is 5.36. The first-order valence-electron chi connectivity index (χ1n) is 5.84. The molecule has 2 rings (SSSR count). The van der Waals surface area contributed by atoms with Gasteiger partial charge in [0.25, 0.3) is 0 Å². The van der Waals surface area contributed by atoms with E-state index >= 15 is 0 Å². The molecule has 0 spiro atoms. The van der Waals surface area contributed by atoms with Crippen LogP contribution in [0.15, 0.2) is 11.6 Å². The van der Waals surface area contributed by atoms with Gasteiger partial charge in [-0.3, -0.25) is 0 Å². The molecular formula is C13H22. The fourth-order valence-electron chi connectivity index (χ4n) is 3.27. The highest BCUT2D eigenvalue weighted by molar-refractivity contribution is 5.20. The normalized spacial score (nSPS) is 45.3. The van der Waals surface area contributed by atoms with Gasteiger partial charge in [-0.05, 0) is 42.9 Å². The van der Waals surface area contributed by atoms with E-state index in [4.69, 9.17) is 0 Å². The molecule has 2 aliphatic carbocycles. The average Bonchev–Trinajstić information content (AvgIpc) is 2.13. The second-order valence-electron chi connectivity index (χ2n) is 5.36. The molecule has 13 heavy (non-hydrogen) atoms.